The van der Waals surface area contributed by atoms with E-state index in [9.17, 15) is 15.2 Å². The third kappa shape index (κ3) is 2.83. The highest BCUT2D eigenvalue weighted by atomic mass is 35.5. The maximum atomic E-state index is 11.7. The Morgan fingerprint density at radius 2 is 1.74 bits per heavy atom. The van der Waals surface area contributed by atoms with Crippen molar-refractivity contribution in [2.45, 2.75) is 36.9 Å². The lowest BCUT2D eigenvalue weighted by atomic mass is 9.61. The van der Waals surface area contributed by atoms with Crippen molar-refractivity contribution >= 4 is 17.6 Å². The molecule has 1 N–H and O–H groups in total. The normalized spacial score (nSPS) is 23.3. The molecule has 2 fully saturated rings. The first-order chi connectivity index (χ1) is 11.0. The molecule has 1 atom stereocenters. The van der Waals surface area contributed by atoms with E-state index < -0.39 is 23.1 Å². The van der Waals surface area contributed by atoms with Crippen LogP contribution in [0.1, 0.15) is 31.2 Å². The summed E-state index contributed by atoms with van der Waals surface area (Å²) in [6, 6.07) is 9.11. The molecule has 0 aromatic heterocycles. The largest absolute Gasteiger partial charge is 0.480 e. The lowest BCUT2D eigenvalue weighted by Crippen LogP contribution is -2.47. The summed E-state index contributed by atoms with van der Waals surface area (Å²) in [6.07, 6.45) is 2.22. The molecule has 1 spiro atoms. The lowest BCUT2D eigenvalue weighted by molar-refractivity contribution is -0.189. The third-order valence-electron chi connectivity index (χ3n) is 5.07. The summed E-state index contributed by atoms with van der Waals surface area (Å²) >= 11 is 5.95. The maximum absolute atomic E-state index is 11.7. The van der Waals surface area contributed by atoms with Gasteiger partial charge in [-0.15, -0.1) is 0 Å². The van der Waals surface area contributed by atoms with Crippen LogP contribution in [0.5, 0.6) is 0 Å². The molecule has 0 unspecified atom stereocenters. The minimum absolute atomic E-state index is 0.527. The van der Waals surface area contributed by atoms with Crippen LogP contribution in [0.3, 0.4) is 0 Å². The molecular weight excluding hydrogens is 318 g/mol. The molecule has 0 radical (unpaired) electrons. The summed E-state index contributed by atoms with van der Waals surface area (Å²) in [5.74, 6) is -2.80. The highest BCUT2D eigenvalue weighted by Gasteiger charge is 2.52. The van der Waals surface area contributed by atoms with E-state index in [1.807, 2.05) is 18.2 Å². The van der Waals surface area contributed by atoms with Gasteiger partial charge >= 0.3 is 5.97 Å². The zero-order chi connectivity index (χ0) is 16.5. The van der Waals surface area contributed by atoms with E-state index in [2.05, 4.69) is 0 Å². The van der Waals surface area contributed by atoms with Gasteiger partial charge in [0.05, 0.1) is 19.3 Å². The summed E-state index contributed by atoms with van der Waals surface area (Å²) in [4.78, 5) is 11.7. The first-order valence-corrected chi connectivity index (χ1v) is 8.06. The molecule has 3 rings (SSSR count). The van der Waals surface area contributed by atoms with E-state index in [4.69, 9.17) is 21.1 Å². The van der Waals surface area contributed by atoms with Crippen LogP contribution in [0, 0.1) is 17.2 Å². The predicted octanol–water partition coefficient (Wildman–Crippen LogP) is 3.12. The summed E-state index contributed by atoms with van der Waals surface area (Å²) in [6.45, 7) is 1.13. The number of ether oxygens (including phenoxy) is 2. The molecule has 5 nitrogen and oxygen atoms in total. The molecule has 1 aliphatic heterocycles. The minimum Gasteiger partial charge on any atom is -0.480 e. The summed E-state index contributed by atoms with van der Waals surface area (Å²) in [5.41, 5.74) is 0.0924. The van der Waals surface area contributed by atoms with Gasteiger partial charge in [-0.2, -0.15) is 5.26 Å². The fourth-order valence-electron chi connectivity index (χ4n) is 3.80. The average molecular weight is 336 g/mol. The number of hydrogen-bond acceptors (Lipinski definition) is 4. The highest BCUT2D eigenvalue weighted by Crippen LogP contribution is 2.50. The van der Waals surface area contributed by atoms with Crippen LogP contribution >= 0.6 is 11.6 Å². The molecular formula is C17H18ClNO4. The van der Waals surface area contributed by atoms with Crippen LogP contribution in [0.2, 0.25) is 5.02 Å². The smallest absolute Gasteiger partial charge is 0.321 e. The Bertz CT molecular complexity index is 621. The van der Waals surface area contributed by atoms with E-state index in [0.29, 0.717) is 43.9 Å². The summed E-state index contributed by atoms with van der Waals surface area (Å²) < 4.78 is 11.5. The first-order valence-electron chi connectivity index (χ1n) is 7.68. The van der Waals surface area contributed by atoms with Crippen molar-refractivity contribution in [3.63, 3.8) is 0 Å². The molecule has 0 amide bonds. The van der Waals surface area contributed by atoms with E-state index in [1.165, 1.54) is 0 Å². The van der Waals surface area contributed by atoms with E-state index in [0.717, 1.165) is 5.56 Å². The van der Waals surface area contributed by atoms with Gasteiger partial charge in [-0.3, -0.25) is 4.79 Å². The monoisotopic (exact) mass is 335 g/mol. The number of rotatable bonds is 3. The van der Waals surface area contributed by atoms with E-state index in [-0.39, 0.29) is 0 Å². The zero-order valence-corrected chi connectivity index (χ0v) is 13.4. The first kappa shape index (κ1) is 16.3. The van der Waals surface area contributed by atoms with Gasteiger partial charge in [0, 0.05) is 23.3 Å². The van der Waals surface area contributed by atoms with Crippen LogP contribution in [0.4, 0.5) is 0 Å². The number of carboxylic acids is 1. The topological polar surface area (TPSA) is 79.6 Å². The number of halogens is 1. The Balaban J connectivity index is 1.97. The quantitative estimate of drug-likeness (QED) is 0.918. The zero-order valence-electron chi connectivity index (χ0n) is 12.6. The fraction of sp³-hybridized carbons (Fsp3) is 0.529. The van der Waals surface area contributed by atoms with Gasteiger partial charge < -0.3 is 14.6 Å². The molecule has 23 heavy (non-hydrogen) atoms. The van der Waals surface area contributed by atoms with Gasteiger partial charge in [0.25, 0.3) is 0 Å². The Morgan fingerprint density at radius 1 is 1.17 bits per heavy atom. The van der Waals surface area contributed by atoms with Gasteiger partial charge in [-0.05, 0) is 30.5 Å². The molecule has 1 aliphatic carbocycles. The number of aliphatic carboxylic acids is 1. The standard InChI is InChI=1S/C17H18ClNO4/c18-13-3-1-12(2-4-13)16(14(11-19)15(20)21)5-7-17(8-6-16)22-9-10-23-17/h1-4,14H,5-10H2,(H,20,21)/t14-/m0/s1. The van der Waals surface area contributed by atoms with Gasteiger partial charge in [0.2, 0.25) is 0 Å². The second-order valence-corrected chi connectivity index (χ2v) is 6.61. The minimum atomic E-state index is -1.11. The summed E-state index contributed by atoms with van der Waals surface area (Å²) in [7, 11) is 0. The van der Waals surface area contributed by atoms with Crippen LogP contribution in [0.15, 0.2) is 24.3 Å². The second-order valence-electron chi connectivity index (χ2n) is 6.17. The van der Waals surface area contributed by atoms with Crippen molar-refractivity contribution in [2.75, 3.05) is 13.2 Å². The SMILES string of the molecule is N#C[C@@H](C(=O)O)C1(c2ccc(Cl)cc2)CCC2(CC1)OCCO2. The van der Waals surface area contributed by atoms with E-state index in [1.54, 1.807) is 12.1 Å². The van der Waals surface area contributed by atoms with Gasteiger partial charge in [0.1, 0.15) is 0 Å². The molecule has 2 aliphatic rings. The van der Waals surface area contributed by atoms with Crippen molar-refractivity contribution in [2.24, 2.45) is 5.92 Å². The second kappa shape index (κ2) is 6.12. The molecule has 1 heterocycles. The maximum Gasteiger partial charge on any atom is 0.321 e. The van der Waals surface area contributed by atoms with Gasteiger partial charge in [0.15, 0.2) is 11.7 Å². The Labute approximate surface area is 139 Å². The Kier molecular flexibility index (Phi) is 4.33. The molecule has 1 aromatic rings. The van der Waals surface area contributed by atoms with Crippen molar-refractivity contribution in [3.8, 4) is 6.07 Å². The van der Waals surface area contributed by atoms with Crippen molar-refractivity contribution in [3.05, 3.63) is 34.9 Å². The van der Waals surface area contributed by atoms with Crippen LogP contribution in [0.25, 0.3) is 0 Å². The molecule has 1 saturated carbocycles. The number of carboxylic acid groups (broad SMARTS) is 1. The fourth-order valence-corrected chi connectivity index (χ4v) is 3.93. The van der Waals surface area contributed by atoms with E-state index >= 15 is 0 Å². The number of benzene rings is 1. The number of hydrogen-bond donors (Lipinski definition) is 1. The molecule has 122 valence electrons. The van der Waals surface area contributed by atoms with Gasteiger partial charge in [-0.25, -0.2) is 0 Å². The number of carbonyl (C=O) groups is 1. The van der Waals surface area contributed by atoms with Crippen molar-refractivity contribution < 1.29 is 19.4 Å². The molecule has 6 heteroatoms. The lowest BCUT2D eigenvalue weighted by Gasteiger charge is -2.45. The molecule has 1 saturated heterocycles. The Morgan fingerprint density at radius 3 is 2.22 bits per heavy atom. The summed E-state index contributed by atoms with van der Waals surface area (Å²) in [5, 5.41) is 19.6. The van der Waals surface area contributed by atoms with Gasteiger partial charge in [-0.1, -0.05) is 23.7 Å². The van der Waals surface area contributed by atoms with Crippen LogP contribution in [-0.2, 0) is 19.7 Å². The average Bonchev–Trinajstić information content (AvgIpc) is 2.99. The van der Waals surface area contributed by atoms with Crippen molar-refractivity contribution in [1.82, 2.24) is 0 Å². The number of nitrogens with zero attached hydrogens (tertiary/aromatic N) is 1. The molecule has 0 bridgehead atoms. The third-order valence-corrected chi connectivity index (χ3v) is 5.32. The highest BCUT2D eigenvalue weighted by molar-refractivity contribution is 6.30. The predicted molar refractivity (Wildman–Crippen MR) is 83.0 cm³/mol. The van der Waals surface area contributed by atoms with Crippen LogP contribution < -0.4 is 0 Å². The van der Waals surface area contributed by atoms with Crippen LogP contribution in [-0.4, -0.2) is 30.1 Å². The van der Waals surface area contributed by atoms with Crippen molar-refractivity contribution in [1.29, 1.82) is 5.26 Å². The molecule has 1 aromatic carbocycles. The Hall–Kier alpha value is -1.61. The number of nitriles is 1.